The lowest BCUT2D eigenvalue weighted by Gasteiger charge is -1.97. The average Bonchev–Trinajstić information content (AvgIpc) is 1.67. The van der Waals surface area contributed by atoms with E-state index < -0.39 is 0 Å². The normalized spacial score (nSPS) is 7.33. The van der Waals surface area contributed by atoms with Crippen molar-refractivity contribution in [2.45, 2.75) is 6.92 Å². The number of rotatable bonds is 2. The van der Waals surface area contributed by atoms with Crippen LogP contribution >= 0.6 is 12.4 Å². The molecule has 0 saturated carbocycles. The quantitative estimate of drug-likeness (QED) is 0.431. The van der Waals surface area contributed by atoms with E-state index in [0.717, 1.165) is 0 Å². The summed E-state index contributed by atoms with van der Waals surface area (Å²) in [5, 5.41) is 2.38. The van der Waals surface area contributed by atoms with E-state index in [4.69, 9.17) is 5.73 Å². The SMILES string of the molecule is C=C(C)C(=O)NCN.Cl. The van der Waals surface area contributed by atoms with Crippen LogP contribution in [0, 0.1) is 0 Å². The summed E-state index contributed by atoms with van der Waals surface area (Å²) in [4.78, 5) is 10.5. The molecule has 0 bridgehead atoms. The summed E-state index contributed by atoms with van der Waals surface area (Å²) < 4.78 is 0. The van der Waals surface area contributed by atoms with E-state index in [1.165, 1.54) is 0 Å². The molecule has 0 radical (unpaired) electrons. The minimum atomic E-state index is -0.187. The van der Waals surface area contributed by atoms with E-state index in [1.54, 1.807) is 6.92 Å². The Bertz CT molecular complexity index is 114. The molecule has 0 atom stereocenters. The highest BCUT2D eigenvalue weighted by atomic mass is 35.5. The number of amides is 1. The lowest BCUT2D eigenvalue weighted by atomic mass is 10.3. The molecule has 3 N–H and O–H groups in total. The van der Waals surface area contributed by atoms with Crippen molar-refractivity contribution in [2.24, 2.45) is 5.73 Å². The molecular formula is C5H11ClN2O. The predicted molar refractivity (Wildman–Crippen MR) is 39.3 cm³/mol. The van der Waals surface area contributed by atoms with Gasteiger partial charge in [0.25, 0.3) is 0 Å². The Labute approximate surface area is 60.7 Å². The molecule has 0 aliphatic carbocycles. The molecule has 4 heteroatoms. The van der Waals surface area contributed by atoms with E-state index in [2.05, 4.69) is 11.9 Å². The van der Waals surface area contributed by atoms with Crippen LogP contribution in [0.15, 0.2) is 12.2 Å². The van der Waals surface area contributed by atoms with Gasteiger partial charge in [0.15, 0.2) is 0 Å². The largest absolute Gasteiger partial charge is 0.340 e. The molecule has 0 saturated heterocycles. The second kappa shape index (κ2) is 5.59. The van der Waals surface area contributed by atoms with E-state index >= 15 is 0 Å². The zero-order valence-electron chi connectivity index (χ0n) is 5.31. The standard InChI is InChI=1S/C5H10N2O.ClH/c1-4(2)5(8)7-3-6;/h1,3,6H2,2H3,(H,7,8);1H. The molecule has 0 aromatic heterocycles. The van der Waals surface area contributed by atoms with Gasteiger partial charge in [-0.05, 0) is 6.92 Å². The third kappa shape index (κ3) is 5.33. The first-order valence-corrected chi connectivity index (χ1v) is 2.32. The van der Waals surface area contributed by atoms with E-state index in [9.17, 15) is 4.79 Å². The van der Waals surface area contributed by atoms with E-state index in [-0.39, 0.29) is 25.0 Å². The Hall–Kier alpha value is -0.540. The molecule has 0 aromatic carbocycles. The number of halogens is 1. The number of hydrogen-bond acceptors (Lipinski definition) is 2. The molecule has 1 amide bonds. The smallest absolute Gasteiger partial charge is 0.247 e. The third-order valence-corrected chi connectivity index (χ3v) is 0.650. The van der Waals surface area contributed by atoms with Crippen LogP contribution in [0.25, 0.3) is 0 Å². The van der Waals surface area contributed by atoms with Crippen LogP contribution in [0.4, 0.5) is 0 Å². The second-order valence-electron chi connectivity index (χ2n) is 1.49. The van der Waals surface area contributed by atoms with Crippen molar-refractivity contribution < 1.29 is 4.79 Å². The van der Waals surface area contributed by atoms with Gasteiger partial charge in [-0.25, -0.2) is 0 Å². The number of nitrogens with one attached hydrogen (secondary N) is 1. The van der Waals surface area contributed by atoms with E-state index in [0.29, 0.717) is 5.57 Å². The first-order chi connectivity index (χ1) is 3.68. The monoisotopic (exact) mass is 150 g/mol. The molecule has 0 unspecified atom stereocenters. The summed E-state index contributed by atoms with van der Waals surface area (Å²) in [6.07, 6.45) is 0. The molecule has 0 spiro atoms. The molecule has 3 nitrogen and oxygen atoms in total. The Morgan fingerprint density at radius 3 is 2.33 bits per heavy atom. The van der Waals surface area contributed by atoms with E-state index in [1.807, 2.05) is 0 Å². The average molecular weight is 151 g/mol. The van der Waals surface area contributed by atoms with Gasteiger partial charge in [-0.3, -0.25) is 4.79 Å². The first-order valence-electron chi connectivity index (χ1n) is 2.32. The summed E-state index contributed by atoms with van der Waals surface area (Å²) in [6.45, 7) is 5.21. The Balaban J connectivity index is 0. The number of nitrogens with two attached hydrogens (primary N) is 1. The number of hydrogen-bond donors (Lipinski definition) is 2. The van der Waals surface area contributed by atoms with Crippen molar-refractivity contribution >= 4 is 18.3 Å². The summed E-state index contributed by atoms with van der Waals surface area (Å²) in [6, 6.07) is 0. The van der Waals surface area contributed by atoms with Gasteiger partial charge in [0, 0.05) is 5.57 Å². The van der Waals surface area contributed by atoms with Gasteiger partial charge in [-0.15, -0.1) is 12.4 Å². The Kier molecular flexibility index (Phi) is 7.01. The van der Waals surface area contributed by atoms with Crippen LogP contribution in [0.2, 0.25) is 0 Å². The lowest BCUT2D eigenvalue weighted by Crippen LogP contribution is -2.29. The zero-order valence-corrected chi connectivity index (χ0v) is 6.12. The van der Waals surface area contributed by atoms with Crippen molar-refractivity contribution in [3.05, 3.63) is 12.2 Å². The van der Waals surface area contributed by atoms with Crippen LogP contribution in [0.3, 0.4) is 0 Å². The van der Waals surface area contributed by atoms with Crippen LogP contribution in [-0.2, 0) is 4.79 Å². The van der Waals surface area contributed by atoms with Crippen LogP contribution in [0.1, 0.15) is 6.92 Å². The molecular weight excluding hydrogens is 140 g/mol. The van der Waals surface area contributed by atoms with Gasteiger partial charge in [-0.2, -0.15) is 0 Å². The van der Waals surface area contributed by atoms with Crippen molar-refractivity contribution in [3.8, 4) is 0 Å². The Morgan fingerprint density at radius 2 is 2.22 bits per heavy atom. The molecule has 0 heterocycles. The van der Waals surface area contributed by atoms with Crippen molar-refractivity contribution in [3.63, 3.8) is 0 Å². The third-order valence-electron chi connectivity index (χ3n) is 0.650. The lowest BCUT2D eigenvalue weighted by molar-refractivity contribution is -0.117. The fourth-order valence-corrected chi connectivity index (χ4v) is 0.244. The number of carbonyl (C=O) groups is 1. The van der Waals surface area contributed by atoms with Gasteiger partial charge in [-0.1, -0.05) is 6.58 Å². The van der Waals surface area contributed by atoms with Crippen molar-refractivity contribution in [2.75, 3.05) is 6.67 Å². The van der Waals surface area contributed by atoms with Crippen molar-refractivity contribution in [1.29, 1.82) is 0 Å². The summed E-state index contributed by atoms with van der Waals surface area (Å²) in [5.41, 5.74) is 5.48. The highest BCUT2D eigenvalue weighted by molar-refractivity contribution is 5.91. The molecule has 0 rings (SSSR count). The minimum absolute atomic E-state index is 0. The van der Waals surface area contributed by atoms with Gasteiger partial charge in [0.2, 0.25) is 5.91 Å². The Morgan fingerprint density at radius 1 is 1.78 bits per heavy atom. The maximum atomic E-state index is 10.5. The van der Waals surface area contributed by atoms with Gasteiger partial charge >= 0.3 is 0 Å². The highest BCUT2D eigenvalue weighted by Crippen LogP contribution is 1.82. The molecule has 0 aromatic rings. The van der Waals surface area contributed by atoms with Crippen molar-refractivity contribution in [1.82, 2.24) is 5.32 Å². The molecule has 0 aliphatic heterocycles. The van der Waals surface area contributed by atoms with Gasteiger partial charge < -0.3 is 11.1 Å². The van der Waals surface area contributed by atoms with Gasteiger partial charge in [0.05, 0.1) is 6.67 Å². The highest BCUT2D eigenvalue weighted by Gasteiger charge is 1.95. The predicted octanol–water partition coefficient (Wildman–Crippen LogP) is 0.0167. The maximum absolute atomic E-state index is 10.5. The summed E-state index contributed by atoms with van der Waals surface area (Å²) >= 11 is 0. The number of carbonyl (C=O) groups excluding carboxylic acids is 1. The fraction of sp³-hybridized carbons (Fsp3) is 0.400. The maximum Gasteiger partial charge on any atom is 0.247 e. The summed E-state index contributed by atoms with van der Waals surface area (Å²) in [7, 11) is 0. The topological polar surface area (TPSA) is 55.1 Å². The van der Waals surface area contributed by atoms with Crippen LogP contribution < -0.4 is 11.1 Å². The van der Waals surface area contributed by atoms with Crippen LogP contribution in [-0.4, -0.2) is 12.6 Å². The molecule has 9 heavy (non-hydrogen) atoms. The minimum Gasteiger partial charge on any atom is -0.340 e. The van der Waals surface area contributed by atoms with Crippen LogP contribution in [0.5, 0.6) is 0 Å². The fourth-order valence-electron chi connectivity index (χ4n) is 0.244. The second-order valence-corrected chi connectivity index (χ2v) is 1.49. The van der Waals surface area contributed by atoms with Gasteiger partial charge in [0.1, 0.15) is 0 Å². The molecule has 54 valence electrons. The zero-order chi connectivity index (χ0) is 6.57. The molecule has 0 aliphatic rings. The summed E-state index contributed by atoms with van der Waals surface area (Å²) in [5.74, 6) is -0.187. The molecule has 0 fully saturated rings. The first kappa shape index (κ1) is 11.3.